The van der Waals surface area contributed by atoms with Gasteiger partial charge >= 0.3 is 0 Å². The van der Waals surface area contributed by atoms with E-state index in [1.165, 1.54) is 12.8 Å². The van der Waals surface area contributed by atoms with Crippen molar-refractivity contribution in [2.24, 2.45) is 0 Å². The Morgan fingerprint density at radius 3 is 2.76 bits per heavy atom. The van der Waals surface area contributed by atoms with Gasteiger partial charge in [-0.25, -0.2) is 0 Å². The van der Waals surface area contributed by atoms with Crippen LogP contribution >= 0.6 is 0 Å². The van der Waals surface area contributed by atoms with E-state index in [1.54, 1.807) is 12.3 Å². The van der Waals surface area contributed by atoms with Crippen LogP contribution in [0.1, 0.15) is 48.3 Å². The first-order valence-corrected chi connectivity index (χ1v) is 9.07. The number of nitrogens with zero attached hydrogens (tertiary/aromatic N) is 1. The summed E-state index contributed by atoms with van der Waals surface area (Å²) in [7, 11) is 0. The van der Waals surface area contributed by atoms with Gasteiger partial charge in [0.25, 0.3) is 5.91 Å². The lowest BCUT2D eigenvalue weighted by Crippen LogP contribution is -2.36. The van der Waals surface area contributed by atoms with Gasteiger partial charge < -0.3 is 14.5 Å². The summed E-state index contributed by atoms with van der Waals surface area (Å²) in [6.07, 6.45) is 4.98. The average molecular weight is 342 g/mol. The molecule has 1 aliphatic heterocycles. The number of amides is 1. The maximum atomic E-state index is 12.7. The summed E-state index contributed by atoms with van der Waals surface area (Å²) >= 11 is 0. The molecule has 1 fully saturated rings. The zero-order valence-corrected chi connectivity index (χ0v) is 14.7. The maximum absolute atomic E-state index is 12.7. The van der Waals surface area contributed by atoms with Crippen molar-refractivity contribution in [3.05, 3.63) is 54.0 Å². The smallest absolute Gasteiger partial charge is 0.255 e. The molecular formula is C20H26N2O3. The fourth-order valence-electron chi connectivity index (χ4n) is 3.22. The highest BCUT2D eigenvalue weighted by molar-refractivity contribution is 5.96. The third kappa shape index (κ3) is 4.42. The molecule has 2 heterocycles. The molecule has 1 aromatic heterocycles. The van der Waals surface area contributed by atoms with E-state index < -0.39 is 0 Å². The number of para-hydroxylation sites is 1. The normalized spacial score (nSPS) is 15.9. The van der Waals surface area contributed by atoms with E-state index in [9.17, 15) is 4.79 Å². The lowest BCUT2D eigenvalue weighted by molar-refractivity contribution is 0.0929. The second-order valence-electron chi connectivity index (χ2n) is 6.33. The minimum absolute atomic E-state index is 0.0742. The Kier molecular flexibility index (Phi) is 6.12. The number of nitrogens with one attached hydrogen (secondary N) is 1. The van der Waals surface area contributed by atoms with Crippen LogP contribution in [0.5, 0.6) is 5.75 Å². The van der Waals surface area contributed by atoms with Gasteiger partial charge in [0.2, 0.25) is 0 Å². The molecule has 0 spiro atoms. The van der Waals surface area contributed by atoms with Gasteiger partial charge in [-0.15, -0.1) is 0 Å². The van der Waals surface area contributed by atoms with Gasteiger partial charge in [0.05, 0.1) is 24.5 Å². The highest BCUT2D eigenvalue weighted by atomic mass is 16.5. The van der Waals surface area contributed by atoms with E-state index in [0.29, 0.717) is 24.5 Å². The van der Waals surface area contributed by atoms with Gasteiger partial charge in [0.15, 0.2) is 0 Å². The van der Waals surface area contributed by atoms with Crippen LogP contribution < -0.4 is 10.1 Å². The van der Waals surface area contributed by atoms with Crippen molar-refractivity contribution in [3.63, 3.8) is 0 Å². The van der Waals surface area contributed by atoms with Gasteiger partial charge in [-0.1, -0.05) is 19.1 Å². The summed E-state index contributed by atoms with van der Waals surface area (Å²) < 4.78 is 11.3. The number of carbonyl (C=O) groups is 1. The van der Waals surface area contributed by atoms with E-state index in [4.69, 9.17) is 9.15 Å². The summed E-state index contributed by atoms with van der Waals surface area (Å²) in [4.78, 5) is 15.1. The van der Waals surface area contributed by atoms with Crippen LogP contribution in [0.25, 0.3) is 0 Å². The van der Waals surface area contributed by atoms with Crippen molar-refractivity contribution >= 4 is 5.91 Å². The van der Waals surface area contributed by atoms with Crippen molar-refractivity contribution in [1.82, 2.24) is 10.2 Å². The number of carbonyl (C=O) groups excluding carboxylic acids is 1. The Labute approximate surface area is 149 Å². The molecule has 0 aliphatic carbocycles. The van der Waals surface area contributed by atoms with Crippen LogP contribution in [0.2, 0.25) is 0 Å². The fraction of sp³-hybridized carbons (Fsp3) is 0.450. The molecule has 5 nitrogen and oxygen atoms in total. The summed E-state index contributed by atoms with van der Waals surface area (Å²) in [5.74, 6) is 1.43. The number of rotatable bonds is 8. The number of benzene rings is 1. The summed E-state index contributed by atoms with van der Waals surface area (Å²) in [6.45, 7) is 5.25. The molecule has 0 unspecified atom stereocenters. The van der Waals surface area contributed by atoms with Crippen molar-refractivity contribution < 1.29 is 13.9 Å². The van der Waals surface area contributed by atoms with Crippen LogP contribution in [0.15, 0.2) is 47.1 Å². The Morgan fingerprint density at radius 1 is 1.24 bits per heavy atom. The van der Waals surface area contributed by atoms with Crippen molar-refractivity contribution in [1.29, 1.82) is 0 Å². The quantitative estimate of drug-likeness (QED) is 0.796. The highest BCUT2D eigenvalue weighted by Gasteiger charge is 2.26. The largest absolute Gasteiger partial charge is 0.493 e. The fourth-order valence-corrected chi connectivity index (χ4v) is 3.22. The van der Waals surface area contributed by atoms with E-state index in [0.717, 1.165) is 25.3 Å². The molecule has 134 valence electrons. The number of ether oxygens (including phenoxy) is 1. The summed E-state index contributed by atoms with van der Waals surface area (Å²) in [5.41, 5.74) is 0.579. The number of hydrogen-bond acceptors (Lipinski definition) is 4. The number of furan rings is 1. The molecule has 5 heteroatoms. The van der Waals surface area contributed by atoms with Gasteiger partial charge in [0, 0.05) is 6.54 Å². The van der Waals surface area contributed by atoms with E-state index in [2.05, 4.69) is 10.2 Å². The number of likely N-dealkylation sites (tertiary alicyclic amines) is 1. The molecule has 0 saturated carbocycles. The lowest BCUT2D eigenvalue weighted by atomic mass is 10.1. The van der Waals surface area contributed by atoms with Crippen LogP contribution in [-0.2, 0) is 0 Å². The Balaban J connectivity index is 1.67. The van der Waals surface area contributed by atoms with Crippen molar-refractivity contribution in [2.75, 3.05) is 26.2 Å². The number of hydrogen-bond donors (Lipinski definition) is 1. The molecular weight excluding hydrogens is 316 g/mol. The maximum Gasteiger partial charge on any atom is 0.255 e. The first kappa shape index (κ1) is 17.5. The molecule has 1 aliphatic rings. The summed E-state index contributed by atoms with van der Waals surface area (Å²) in [5, 5.41) is 3.06. The van der Waals surface area contributed by atoms with Gasteiger partial charge in [0.1, 0.15) is 11.5 Å². The molecule has 1 aromatic carbocycles. The van der Waals surface area contributed by atoms with E-state index in [-0.39, 0.29) is 11.9 Å². The molecule has 1 N–H and O–H groups in total. The molecule has 0 bridgehead atoms. The van der Waals surface area contributed by atoms with Crippen molar-refractivity contribution in [2.45, 2.75) is 32.2 Å². The Bertz CT molecular complexity index is 663. The van der Waals surface area contributed by atoms with Crippen LogP contribution in [-0.4, -0.2) is 37.0 Å². The van der Waals surface area contributed by atoms with Crippen LogP contribution in [0.4, 0.5) is 0 Å². The molecule has 1 saturated heterocycles. The van der Waals surface area contributed by atoms with Gasteiger partial charge in [-0.2, -0.15) is 0 Å². The monoisotopic (exact) mass is 342 g/mol. The molecule has 25 heavy (non-hydrogen) atoms. The Morgan fingerprint density at radius 2 is 2.04 bits per heavy atom. The molecule has 3 rings (SSSR count). The first-order chi connectivity index (χ1) is 12.3. The second kappa shape index (κ2) is 8.72. The molecule has 1 atom stereocenters. The predicted octanol–water partition coefficient (Wildman–Crippen LogP) is 3.64. The minimum atomic E-state index is -0.109. The minimum Gasteiger partial charge on any atom is -0.493 e. The second-order valence-corrected chi connectivity index (χ2v) is 6.33. The SMILES string of the molecule is CCCOc1ccccc1C(=O)NC[C@@H](c1ccco1)N1CCCC1. The van der Waals surface area contributed by atoms with Gasteiger partial charge in [-0.3, -0.25) is 9.69 Å². The standard InChI is InChI=1S/C20H26N2O3/c1-2-13-24-18-9-4-3-8-16(18)20(23)21-15-17(19-10-7-14-25-19)22-11-5-6-12-22/h3-4,7-10,14,17H,2,5-6,11-13,15H2,1H3,(H,21,23)/t17-/m0/s1. The molecule has 2 aromatic rings. The van der Waals surface area contributed by atoms with E-state index in [1.807, 2.05) is 37.3 Å². The highest BCUT2D eigenvalue weighted by Crippen LogP contribution is 2.25. The molecule has 1 amide bonds. The van der Waals surface area contributed by atoms with Gasteiger partial charge in [-0.05, 0) is 56.6 Å². The molecule has 0 radical (unpaired) electrons. The van der Waals surface area contributed by atoms with E-state index >= 15 is 0 Å². The first-order valence-electron chi connectivity index (χ1n) is 9.07. The third-order valence-corrected chi connectivity index (χ3v) is 4.50. The lowest BCUT2D eigenvalue weighted by Gasteiger charge is -2.26. The van der Waals surface area contributed by atoms with Crippen LogP contribution in [0.3, 0.4) is 0 Å². The Hall–Kier alpha value is -2.27. The third-order valence-electron chi connectivity index (χ3n) is 4.50. The van der Waals surface area contributed by atoms with Crippen LogP contribution in [0, 0.1) is 0 Å². The summed E-state index contributed by atoms with van der Waals surface area (Å²) in [6, 6.07) is 11.3. The zero-order chi connectivity index (χ0) is 17.5. The predicted molar refractivity (Wildman–Crippen MR) is 96.8 cm³/mol. The average Bonchev–Trinajstić information content (AvgIpc) is 3.34. The topological polar surface area (TPSA) is 54.7 Å². The zero-order valence-electron chi connectivity index (χ0n) is 14.7. The van der Waals surface area contributed by atoms with Crippen molar-refractivity contribution in [3.8, 4) is 5.75 Å².